The summed E-state index contributed by atoms with van der Waals surface area (Å²) in [7, 11) is -3.85. The van der Waals surface area contributed by atoms with Crippen LogP contribution in [0.2, 0.25) is 0 Å². The molecule has 0 radical (unpaired) electrons. The van der Waals surface area contributed by atoms with Crippen LogP contribution in [-0.4, -0.2) is 48.7 Å². The molecule has 158 valence electrons. The fourth-order valence-corrected chi connectivity index (χ4v) is 4.97. The van der Waals surface area contributed by atoms with Gasteiger partial charge in [-0.15, -0.1) is 0 Å². The van der Waals surface area contributed by atoms with Gasteiger partial charge in [-0.05, 0) is 52.3 Å². The summed E-state index contributed by atoms with van der Waals surface area (Å²) in [6, 6.07) is 5.58. The van der Waals surface area contributed by atoms with Crippen molar-refractivity contribution >= 4 is 21.8 Å². The Balaban J connectivity index is 2.42. The van der Waals surface area contributed by atoms with E-state index in [1.165, 1.54) is 16.4 Å². The number of ether oxygens (including phenoxy) is 1. The first-order valence-electron chi connectivity index (χ1n) is 9.55. The lowest BCUT2D eigenvalue weighted by Crippen LogP contribution is -2.43. The molecule has 8 heteroatoms. The van der Waals surface area contributed by atoms with Crippen LogP contribution in [0.4, 0.5) is 0 Å². The molecular weight excluding hydrogens is 392 g/mol. The summed E-state index contributed by atoms with van der Waals surface area (Å²) < 4.78 is 32.4. The minimum absolute atomic E-state index is 0.135. The summed E-state index contributed by atoms with van der Waals surface area (Å²) in [5.74, 6) is -0.913. The van der Waals surface area contributed by atoms with Gasteiger partial charge in [-0.3, -0.25) is 4.79 Å². The van der Waals surface area contributed by atoms with Crippen molar-refractivity contribution in [1.29, 1.82) is 0 Å². The number of esters is 1. The second kappa shape index (κ2) is 8.92. The van der Waals surface area contributed by atoms with Crippen LogP contribution in [0.5, 0.6) is 0 Å². The van der Waals surface area contributed by atoms with Gasteiger partial charge in [0.1, 0.15) is 5.69 Å². The summed E-state index contributed by atoms with van der Waals surface area (Å²) in [6.07, 6.45) is 0. The van der Waals surface area contributed by atoms with Gasteiger partial charge in [-0.1, -0.05) is 24.6 Å². The summed E-state index contributed by atoms with van der Waals surface area (Å²) in [6.45, 7) is 10.5. The molecule has 0 unspecified atom stereocenters. The van der Waals surface area contributed by atoms with Crippen LogP contribution in [-0.2, 0) is 14.8 Å². The number of carbonyl (C=O) groups excluding carboxylic acids is 2. The fraction of sp³-hybridized carbons (Fsp3) is 0.429. The molecule has 7 nitrogen and oxygen atoms in total. The fourth-order valence-electron chi connectivity index (χ4n) is 3.36. The molecule has 0 fully saturated rings. The Hall–Kier alpha value is -2.45. The molecular formula is C21H28N2O5S. The number of ketones is 1. The van der Waals surface area contributed by atoms with E-state index in [1.54, 1.807) is 46.8 Å². The van der Waals surface area contributed by atoms with Gasteiger partial charge in [0, 0.05) is 17.8 Å². The predicted molar refractivity (Wildman–Crippen MR) is 111 cm³/mol. The van der Waals surface area contributed by atoms with E-state index in [-0.39, 0.29) is 29.5 Å². The van der Waals surface area contributed by atoms with Gasteiger partial charge < -0.3 is 9.72 Å². The number of aromatic amines is 1. The molecule has 0 aliphatic rings. The molecule has 2 rings (SSSR count). The molecule has 1 heterocycles. The third kappa shape index (κ3) is 4.43. The van der Waals surface area contributed by atoms with Crippen molar-refractivity contribution in [2.75, 3.05) is 13.2 Å². The average Bonchev–Trinajstić information content (AvgIpc) is 2.96. The highest BCUT2D eigenvalue weighted by Gasteiger charge is 2.34. The van der Waals surface area contributed by atoms with Crippen LogP contribution in [0.1, 0.15) is 58.4 Å². The summed E-state index contributed by atoms with van der Waals surface area (Å²) >= 11 is 0. The van der Waals surface area contributed by atoms with Crippen molar-refractivity contribution in [2.24, 2.45) is 0 Å². The first kappa shape index (κ1) is 22.8. The molecule has 0 aliphatic heterocycles. The third-order valence-corrected chi connectivity index (χ3v) is 6.97. The number of nitrogens with zero attached hydrogens (tertiary/aromatic N) is 1. The van der Waals surface area contributed by atoms with E-state index in [2.05, 4.69) is 4.98 Å². The van der Waals surface area contributed by atoms with Gasteiger partial charge in [0.2, 0.25) is 10.0 Å². The standard InChI is InChI=1S/C21H28N2O5S/c1-7-23(29(26,27)17-11-9-13(3)10-12-17)16(6)20(24)18-14(4)19(22-15(18)5)21(25)28-8-2/h9-12,16,22H,7-8H2,1-6H3/t16-/m0/s1. The number of aromatic nitrogens is 1. The number of Topliss-reactive ketones (excluding diaryl/α,β-unsaturated/α-hetero) is 1. The highest BCUT2D eigenvalue weighted by atomic mass is 32.2. The van der Waals surface area contributed by atoms with Crippen molar-refractivity contribution in [3.8, 4) is 0 Å². The van der Waals surface area contributed by atoms with E-state index < -0.39 is 22.0 Å². The monoisotopic (exact) mass is 420 g/mol. The van der Waals surface area contributed by atoms with Crippen LogP contribution in [0.25, 0.3) is 0 Å². The first-order chi connectivity index (χ1) is 13.6. The number of aryl methyl sites for hydroxylation is 2. The minimum Gasteiger partial charge on any atom is -0.461 e. The average molecular weight is 421 g/mol. The Morgan fingerprint density at radius 3 is 2.21 bits per heavy atom. The third-order valence-electron chi connectivity index (χ3n) is 4.91. The lowest BCUT2D eigenvalue weighted by atomic mass is 10.0. The molecule has 29 heavy (non-hydrogen) atoms. The Morgan fingerprint density at radius 1 is 1.10 bits per heavy atom. The smallest absolute Gasteiger partial charge is 0.355 e. The van der Waals surface area contributed by atoms with E-state index in [0.717, 1.165) is 5.56 Å². The lowest BCUT2D eigenvalue weighted by Gasteiger charge is -2.26. The summed E-state index contributed by atoms with van der Waals surface area (Å²) in [5.41, 5.74) is 2.44. The second-order valence-electron chi connectivity index (χ2n) is 6.91. The summed E-state index contributed by atoms with van der Waals surface area (Å²) in [5, 5.41) is 0. The van der Waals surface area contributed by atoms with Crippen molar-refractivity contribution < 1.29 is 22.7 Å². The Morgan fingerprint density at radius 2 is 1.69 bits per heavy atom. The maximum absolute atomic E-state index is 13.2. The molecule has 0 amide bonds. The lowest BCUT2D eigenvalue weighted by molar-refractivity contribution is 0.0519. The normalized spacial score (nSPS) is 12.8. The molecule has 0 spiro atoms. The summed E-state index contributed by atoms with van der Waals surface area (Å²) in [4.78, 5) is 28.4. The van der Waals surface area contributed by atoms with Gasteiger partial charge in [-0.25, -0.2) is 13.2 Å². The zero-order valence-electron chi connectivity index (χ0n) is 17.7. The van der Waals surface area contributed by atoms with E-state index in [1.807, 2.05) is 6.92 Å². The molecule has 1 N–H and O–H groups in total. The van der Waals surface area contributed by atoms with Crippen LogP contribution in [0.3, 0.4) is 0 Å². The highest BCUT2D eigenvalue weighted by molar-refractivity contribution is 7.89. The van der Waals surface area contributed by atoms with Crippen molar-refractivity contribution in [3.05, 3.63) is 52.3 Å². The number of hydrogen-bond acceptors (Lipinski definition) is 5. The number of carbonyl (C=O) groups is 2. The topological polar surface area (TPSA) is 96.5 Å². The number of hydrogen-bond donors (Lipinski definition) is 1. The highest BCUT2D eigenvalue weighted by Crippen LogP contribution is 2.25. The van der Waals surface area contributed by atoms with Crippen LogP contribution < -0.4 is 0 Å². The van der Waals surface area contributed by atoms with Crippen LogP contribution in [0.15, 0.2) is 29.2 Å². The minimum atomic E-state index is -3.85. The van der Waals surface area contributed by atoms with E-state index in [4.69, 9.17) is 4.74 Å². The number of benzene rings is 1. The van der Waals surface area contributed by atoms with Crippen molar-refractivity contribution in [1.82, 2.24) is 9.29 Å². The largest absolute Gasteiger partial charge is 0.461 e. The van der Waals surface area contributed by atoms with E-state index >= 15 is 0 Å². The van der Waals surface area contributed by atoms with Gasteiger partial charge in [0.05, 0.1) is 17.5 Å². The van der Waals surface area contributed by atoms with E-state index in [9.17, 15) is 18.0 Å². The number of rotatable bonds is 8. The molecule has 0 aliphatic carbocycles. The SMILES string of the molecule is CCOC(=O)c1[nH]c(C)c(C(=O)[C@H](C)N(CC)S(=O)(=O)c2ccc(C)cc2)c1C. The van der Waals surface area contributed by atoms with Crippen LogP contribution >= 0.6 is 0 Å². The van der Waals surface area contributed by atoms with Gasteiger partial charge in [-0.2, -0.15) is 4.31 Å². The molecule has 0 bridgehead atoms. The Labute approximate surface area is 172 Å². The number of likely N-dealkylation sites (N-methyl/N-ethyl adjacent to an activating group) is 1. The first-order valence-corrected chi connectivity index (χ1v) is 11.0. The maximum Gasteiger partial charge on any atom is 0.355 e. The Kier molecular flexibility index (Phi) is 7.02. The van der Waals surface area contributed by atoms with Crippen molar-refractivity contribution in [2.45, 2.75) is 52.5 Å². The maximum atomic E-state index is 13.2. The molecule has 1 aromatic carbocycles. The molecule has 0 saturated heterocycles. The van der Waals surface area contributed by atoms with E-state index in [0.29, 0.717) is 16.8 Å². The second-order valence-corrected chi connectivity index (χ2v) is 8.80. The molecule has 1 aromatic heterocycles. The quantitative estimate of drug-likeness (QED) is 0.521. The van der Waals surface area contributed by atoms with Crippen LogP contribution in [0, 0.1) is 20.8 Å². The molecule has 0 saturated carbocycles. The molecule has 1 atom stereocenters. The van der Waals surface area contributed by atoms with Crippen molar-refractivity contribution in [3.63, 3.8) is 0 Å². The van der Waals surface area contributed by atoms with Gasteiger partial charge in [0.25, 0.3) is 0 Å². The Bertz CT molecular complexity index is 1010. The number of nitrogens with one attached hydrogen (secondary N) is 1. The zero-order valence-corrected chi connectivity index (χ0v) is 18.5. The van der Waals surface area contributed by atoms with Gasteiger partial charge in [0.15, 0.2) is 5.78 Å². The predicted octanol–water partition coefficient (Wildman–Crippen LogP) is 3.40. The number of H-pyrrole nitrogens is 1. The molecule has 2 aromatic rings. The number of sulfonamides is 1. The zero-order chi connectivity index (χ0) is 21.9. The van der Waals surface area contributed by atoms with Gasteiger partial charge >= 0.3 is 5.97 Å².